The third-order valence-corrected chi connectivity index (χ3v) is 2.32. The van der Waals surface area contributed by atoms with Gasteiger partial charge in [0.2, 0.25) is 0 Å². The highest BCUT2D eigenvalue weighted by Gasteiger charge is 2.31. The van der Waals surface area contributed by atoms with Gasteiger partial charge in [-0.1, -0.05) is 0 Å². The fraction of sp³-hybridized carbons (Fsp3) is 0.308. The quantitative estimate of drug-likeness (QED) is 0.653. The van der Waals surface area contributed by atoms with Crippen molar-refractivity contribution in [3.8, 4) is 11.8 Å². The van der Waals surface area contributed by atoms with Crippen molar-refractivity contribution in [2.75, 3.05) is 11.9 Å². The number of nitrogens with one attached hydrogen (secondary N) is 1. The van der Waals surface area contributed by atoms with Gasteiger partial charge < -0.3 is 10.4 Å². The topological polar surface area (TPSA) is 49.3 Å². The first-order valence-corrected chi connectivity index (χ1v) is 5.44. The molecule has 0 atom stereocenters. The van der Waals surface area contributed by atoms with Crippen LogP contribution in [0.5, 0.6) is 0 Å². The molecule has 102 valence electrons. The number of anilines is 1. The molecule has 0 aliphatic heterocycles. The van der Waals surface area contributed by atoms with Gasteiger partial charge in [0, 0.05) is 18.7 Å². The van der Waals surface area contributed by atoms with Crippen molar-refractivity contribution in [2.24, 2.45) is 0 Å². The monoisotopic (exact) mass is 271 g/mol. The molecular formula is C13H12F3NO2. The predicted octanol–water partition coefficient (Wildman–Crippen LogP) is 3.23. The lowest BCUT2D eigenvalue weighted by atomic mass is 10.1. The van der Waals surface area contributed by atoms with Gasteiger partial charge in [-0.3, -0.25) is 0 Å². The van der Waals surface area contributed by atoms with Crippen molar-refractivity contribution < 1.29 is 23.1 Å². The number of benzene rings is 1. The van der Waals surface area contributed by atoms with Crippen molar-refractivity contribution >= 4 is 11.7 Å². The number of carbonyl (C=O) groups is 1. The normalized spacial score (nSPS) is 10.5. The van der Waals surface area contributed by atoms with Crippen LogP contribution in [0.15, 0.2) is 18.2 Å². The molecule has 6 heteroatoms. The second kappa shape index (κ2) is 6.14. The average Bonchev–Trinajstić information content (AvgIpc) is 2.33. The van der Waals surface area contributed by atoms with Gasteiger partial charge in [0.05, 0.1) is 11.1 Å². The molecule has 0 amide bonds. The molecule has 0 spiro atoms. The van der Waals surface area contributed by atoms with Crippen LogP contribution in [0.4, 0.5) is 18.9 Å². The van der Waals surface area contributed by atoms with E-state index >= 15 is 0 Å². The van der Waals surface area contributed by atoms with Crippen LogP contribution in [0.3, 0.4) is 0 Å². The summed E-state index contributed by atoms with van der Waals surface area (Å²) in [6.07, 6.45) is -4.08. The number of hydrogen-bond donors (Lipinski definition) is 2. The van der Waals surface area contributed by atoms with E-state index in [0.29, 0.717) is 19.0 Å². The van der Waals surface area contributed by atoms with E-state index in [9.17, 15) is 18.0 Å². The Morgan fingerprint density at radius 2 is 2.11 bits per heavy atom. The van der Waals surface area contributed by atoms with E-state index in [4.69, 9.17) is 5.11 Å². The van der Waals surface area contributed by atoms with E-state index in [-0.39, 0.29) is 5.69 Å². The molecule has 19 heavy (non-hydrogen) atoms. The van der Waals surface area contributed by atoms with Gasteiger partial charge in [0.15, 0.2) is 0 Å². The van der Waals surface area contributed by atoms with Gasteiger partial charge in [-0.05, 0) is 25.1 Å². The molecule has 2 N–H and O–H groups in total. The first-order chi connectivity index (χ1) is 8.86. The van der Waals surface area contributed by atoms with E-state index in [0.717, 1.165) is 12.1 Å². The summed E-state index contributed by atoms with van der Waals surface area (Å²) in [6, 6.07) is 2.59. The van der Waals surface area contributed by atoms with Gasteiger partial charge in [-0.2, -0.15) is 13.2 Å². The van der Waals surface area contributed by atoms with E-state index in [1.54, 1.807) is 6.92 Å². The third kappa shape index (κ3) is 4.21. The minimum absolute atomic E-state index is 0.151. The summed E-state index contributed by atoms with van der Waals surface area (Å²) < 4.78 is 37.5. The summed E-state index contributed by atoms with van der Waals surface area (Å²) in [5, 5.41) is 11.7. The molecule has 3 nitrogen and oxygen atoms in total. The maximum Gasteiger partial charge on any atom is 0.416 e. The Balaban J connectivity index is 2.98. The highest BCUT2D eigenvalue weighted by atomic mass is 19.4. The second-order valence-corrected chi connectivity index (χ2v) is 3.67. The molecular weight excluding hydrogens is 259 g/mol. The molecule has 0 aliphatic carbocycles. The van der Waals surface area contributed by atoms with Crippen LogP contribution < -0.4 is 5.32 Å². The summed E-state index contributed by atoms with van der Waals surface area (Å²) in [4.78, 5) is 11.0. The Hall–Kier alpha value is -2.16. The van der Waals surface area contributed by atoms with Gasteiger partial charge in [-0.15, -0.1) is 11.8 Å². The molecule has 0 radical (unpaired) electrons. The van der Waals surface area contributed by atoms with E-state index in [1.165, 1.54) is 0 Å². The number of alkyl halides is 3. The molecule has 0 heterocycles. The Bertz CT molecular complexity index is 527. The number of halogens is 3. The van der Waals surface area contributed by atoms with Crippen LogP contribution in [0.2, 0.25) is 0 Å². The number of aromatic carboxylic acids is 1. The first kappa shape index (κ1) is 14.9. The lowest BCUT2D eigenvalue weighted by Gasteiger charge is -2.12. The molecule has 0 bridgehead atoms. The van der Waals surface area contributed by atoms with Crippen molar-refractivity contribution in [3.63, 3.8) is 0 Å². The summed E-state index contributed by atoms with van der Waals surface area (Å²) >= 11 is 0. The summed E-state index contributed by atoms with van der Waals surface area (Å²) in [5.74, 6) is 4.02. The number of rotatable bonds is 4. The molecule has 0 saturated carbocycles. The van der Waals surface area contributed by atoms with Crippen LogP contribution in [-0.4, -0.2) is 17.6 Å². The van der Waals surface area contributed by atoms with Crippen LogP contribution in [-0.2, 0) is 6.18 Å². The van der Waals surface area contributed by atoms with Crippen LogP contribution in [0.25, 0.3) is 0 Å². The Kier molecular flexibility index (Phi) is 4.81. The molecule has 0 unspecified atom stereocenters. The SMILES string of the molecule is CC#CCCNc1ccc(C(F)(F)F)cc1C(=O)O. The number of carboxylic acids is 1. The molecule has 1 aromatic rings. The Labute approximate surface area is 108 Å². The van der Waals surface area contributed by atoms with Crippen LogP contribution in [0.1, 0.15) is 29.3 Å². The minimum atomic E-state index is -4.56. The predicted molar refractivity (Wildman–Crippen MR) is 65.0 cm³/mol. The zero-order valence-electron chi connectivity index (χ0n) is 10.1. The number of hydrogen-bond acceptors (Lipinski definition) is 2. The third-order valence-electron chi connectivity index (χ3n) is 2.32. The van der Waals surface area contributed by atoms with Crippen molar-refractivity contribution in [3.05, 3.63) is 29.3 Å². The van der Waals surface area contributed by atoms with Gasteiger partial charge in [0.25, 0.3) is 0 Å². The summed E-state index contributed by atoms with van der Waals surface area (Å²) in [6.45, 7) is 2.04. The molecule has 1 rings (SSSR count). The van der Waals surface area contributed by atoms with Gasteiger partial charge in [-0.25, -0.2) is 4.79 Å². The van der Waals surface area contributed by atoms with E-state index in [1.807, 2.05) is 0 Å². The fourth-order valence-electron chi connectivity index (χ4n) is 1.44. The fourth-order valence-corrected chi connectivity index (χ4v) is 1.44. The molecule has 0 fully saturated rings. The molecule has 0 aliphatic rings. The highest BCUT2D eigenvalue weighted by molar-refractivity contribution is 5.94. The van der Waals surface area contributed by atoms with Crippen LogP contribution in [0, 0.1) is 11.8 Å². The van der Waals surface area contributed by atoms with E-state index < -0.39 is 23.3 Å². The van der Waals surface area contributed by atoms with Gasteiger partial charge >= 0.3 is 12.1 Å². The first-order valence-electron chi connectivity index (χ1n) is 5.44. The maximum atomic E-state index is 12.5. The lowest BCUT2D eigenvalue weighted by molar-refractivity contribution is -0.137. The van der Waals surface area contributed by atoms with Crippen molar-refractivity contribution in [2.45, 2.75) is 19.5 Å². The maximum absolute atomic E-state index is 12.5. The largest absolute Gasteiger partial charge is 0.478 e. The second-order valence-electron chi connectivity index (χ2n) is 3.67. The minimum Gasteiger partial charge on any atom is -0.478 e. The standard InChI is InChI=1S/C13H12F3NO2/c1-2-3-4-7-17-11-6-5-9(13(14,15)16)8-10(11)12(18)19/h5-6,8,17H,4,7H2,1H3,(H,18,19). The van der Waals surface area contributed by atoms with Crippen LogP contribution >= 0.6 is 0 Å². The number of carboxylic acid groups (broad SMARTS) is 1. The summed E-state index contributed by atoms with van der Waals surface area (Å²) in [7, 11) is 0. The van der Waals surface area contributed by atoms with E-state index in [2.05, 4.69) is 17.2 Å². The molecule has 0 aromatic heterocycles. The van der Waals surface area contributed by atoms with Crippen molar-refractivity contribution in [1.29, 1.82) is 0 Å². The zero-order valence-corrected chi connectivity index (χ0v) is 10.1. The average molecular weight is 271 g/mol. The van der Waals surface area contributed by atoms with Crippen molar-refractivity contribution in [1.82, 2.24) is 0 Å². The van der Waals surface area contributed by atoms with Gasteiger partial charge in [0.1, 0.15) is 0 Å². The lowest BCUT2D eigenvalue weighted by Crippen LogP contribution is -2.11. The molecule has 0 saturated heterocycles. The molecule has 1 aromatic carbocycles. The highest BCUT2D eigenvalue weighted by Crippen LogP contribution is 2.31. The Morgan fingerprint density at radius 1 is 1.42 bits per heavy atom. The summed E-state index contributed by atoms with van der Waals surface area (Å²) in [5.41, 5.74) is -1.23. The zero-order chi connectivity index (χ0) is 14.5. The Morgan fingerprint density at radius 3 is 2.63 bits per heavy atom. The smallest absolute Gasteiger partial charge is 0.416 e.